The number of sulfonamides is 1. The molecule has 0 unspecified atom stereocenters. The van der Waals surface area contributed by atoms with Crippen molar-refractivity contribution in [3.05, 3.63) is 24.3 Å². The van der Waals surface area contributed by atoms with Crippen molar-refractivity contribution in [3.8, 4) is 12.3 Å². The zero-order valence-corrected chi connectivity index (χ0v) is 11.8. The maximum Gasteiger partial charge on any atom is 0.215 e. The first-order valence-electron chi connectivity index (χ1n) is 5.31. The second-order valence-corrected chi connectivity index (χ2v) is 7.06. The lowest BCUT2D eigenvalue weighted by molar-refractivity contribution is 0.504. The van der Waals surface area contributed by atoms with E-state index in [0.717, 1.165) is 4.90 Å². The van der Waals surface area contributed by atoms with Crippen LogP contribution >= 0.6 is 11.8 Å². The molecule has 0 fully saturated rings. The predicted octanol–water partition coefficient (Wildman–Crippen LogP) is 1.26. The second kappa shape index (κ2) is 6.69. The van der Waals surface area contributed by atoms with Gasteiger partial charge in [-0.2, -0.15) is 4.31 Å². The summed E-state index contributed by atoms with van der Waals surface area (Å²) in [5, 5.41) is 0. The molecule has 0 spiro atoms. The van der Waals surface area contributed by atoms with Crippen LogP contribution in [0.25, 0.3) is 0 Å². The van der Waals surface area contributed by atoms with Gasteiger partial charge in [0, 0.05) is 23.4 Å². The highest BCUT2D eigenvalue weighted by atomic mass is 32.2. The fraction of sp³-hybridized carbons (Fsp3) is 0.333. The van der Waals surface area contributed by atoms with Gasteiger partial charge in [-0.1, -0.05) is 12.0 Å². The third kappa shape index (κ3) is 4.61. The van der Waals surface area contributed by atoms with Gasteiger partial charge < -0.3 is 5.73 Å². The van der Waals surface area contributed by atoms with E-state index in [1.807, 2.05) is 18.2 Å². The van der Waals surface area contributed by atoms with E-state index in [9.17, 15) is 8.42 Å². The summed E-state index contributed by atoms with van der Waals surface area (Å²) in [7, 11) is -1.78. The van der Waals surface area contributed by atoms with Gasteiger partial charge in [-0.3, -0.25) is 0 Å². The van der Waals surface area contributed by atoms with Gasteiger partial charge >= 0.3 is 0 Å². The molecule has 1 rings (SSSR count). The Kier molecular flexibility index (Phi) is 5.54. The first kappa shape index (κ1) is 14.9. The smallest absolute Gasteiger partial charge is 0.215 e. The highest BCUT2D eigenvalue weighted by molar-refractivity contribution is 8.00. The first-order chi connectivity index (χ1) is 8.45. The monoisotopic (exact) mass is 284 g/mol. The van der Waals surface area contributed by atoms with Gasteiger partial charge in [0.1, 0.15) is 0 Å². The molecule has 2 N–H and O–H groups in total. The molecule has 0 aromatic heterocycles. The Morgan fingerprint density at radius 2 is 2.22 bits per heavy atom. The molecule has 0 saturated heterocycles. The van der Waals surface area contributed by atoms with Crippen LogP contribution in [0.1, 0.15) is 0 Å². The van der Waals surface area contributed by atoms with Gasteiger partial charge in [-0.15, -0.1) is 18.2 Å². The molecule has 0 aliphatic rings. The van der Waals surface area contributed by atoms with Crippen molar-refractivity contribution in [1.82, 2.24) is 4.31 Å². The van der Waals surface area contributed by atoms with Gasteiger partial charge in [-0.05, 0) is 18.2 Å². The number of terminal acetylenes is 1. The maximum atomic E-state index is 11.8. The number of nitrogens with zero attached hydrogens (tertiary/aromatic N) is 1. The van der Waals surface area contributed by atoms with Crippen molar-refractivity contribution in [2.75, 3.05) is 30.8 Å². The van der Waals surface area contributed by atoms with Crippen LogP contribution in [0, 0.1) is 12.3 Å². The van der Waals surface area contributed by atoms with E-state index in [1.54, 1.807) is 6.07 Å². The van der Waals surface area contributed by atoms with Crippen LogP contribution in [-0.2, 0) is 10.0 Å². The van der Waals surface area contributed by atoms with E-state index in [2.05, 4.69) is 5.92 Å². The zero-order chi connectivity index (χ0) is 13.6. The third-order valence-corrected chi connectivity index (χ3v) is 5.31. The quantitative estimate of drug-likeness (QED) is 0.485. The molecule has 0 aliphatic heterocycles. The summed E-state index contributed by atoms with van der Waals surface area (Å²) in [6.45, 7) is 0.102. The number of benzene rings is 1. The van der Waals surface area contributed by atoms with Crippen LogP contribution in [0.3, 0.4) is 0 Å². The average Bonchev–Trinajstić information content (AvgIpc) is 2.29. The van der Waals surface area contributed by atoms with Crippen molar-refractivity contribution in [2.24, 2.45) is 0 Å². The van der Waals surface area contributed by atoms with Crippen molar-refractivity contribution in [1.29, 1.82) is 0 Å². The molecule has 6 heteroatoms. The molecule has 1 aromatic carbocycles. The Hall–Kier alpha value is -1.16. The predicted molar refractivity (Wildman–Crippen MR) is 76.8 cm³/mol. The van der Waals surface area contributed by atoms with E-state index in [-0.39, 0.29) is 12.3 Å². The van der Waals surface area contributed by atoms with E-state index < -0.39 is 10.0 Å². The minimum atomic E-state index is -3.26. The molecule has 4 nitrogen and oxygen atoms in total. The summed E-state index contributed by atoms with van der Waals surface area (Å²) in [5.74, 6) is 2.85. The SMILES string of the molecule is C#CCN(C)S(=O)(=O)CCSc1cccc(N)c1. The van der Waals surface area contributed by atoms with E-state index in [1.165, 1.54) is 23.1 Å². The number of hydrogen-bond acceptors (Lipinski definition) is 4. The number of hydrogen-bond donors (Lipinski definition) is 1. The lowest BCUT2D eigenvalue weighted by atomic mass is 10.3. The van der Waals surface area contributed by atoms with Gasteiger partial charge in [0.05, 0.1) is 12.3 Å². The molecule has 0 bridgehead atoms. The molecule has 0 aliphatic carbocycles. The van der Waals surface area contributed by atoms with E-state index >= 15 is 0 Å². The van der Waals surface area contributed by atoms with E-state index in [4.69, 9.17) is 12.2 Å². The van der Waals surface area contributed by atoms with Gasteiger partial charge in [0.2, 0.25) is 10.0 Å². The number of anilines is 1. The molecule has 1 aromatic rings. The van der Waals surface area contributed by atoms with Gasteiger partial charge in [0.25, 0.3) is 0 Å². The number of nitrogens with two attached hydrogens (primary N) is 1. The fourth-order valence-electron chi connectivity index (χ4n) is 1.25. The highest BCUT2D eigenvalue weighted by Gasteiger charge is 2.16. The Morgan fingerprint density at radius 1 is 1.50 bits per heavy atom. The molecule has 0 saturated carbocycles. The van der Waals surface area contributed by atoms with Crippen LogP contribution in [-0.4, -0.2) is 37.8 Å². The fourth-order valence-corrected chi connectivity index (χ4v) is 3.64. The Bertz CT molecular complexity index is 535. The summed E-state index contributed by atoms with van der Waals surface area (Å²) in [4.78, 5) is 0.963. The Balaban J connectivity index is 2.49. The first-order valence-corrected chi connectivity index (χ1v) is 7.91. The lowest BCUT2D eigenvalue weighted by Crippen LogP contribution is -2.30. The van der Waals surface area contributed by atoms with E-state index in [0.29, 0.717) is 11.4 Å². The van der Waals surface area contributed by atoms with Crippen LogP contribution in [0.4, 0.5) is 5.69 Å². The summed E-state index contributed by atoms with van der Waals surface area (Å²) in [5.41, 5.74) is 6.32. The normalized spacial score (nSPS) is 11.4. The highest BCUT2D eigenvalue weighted by Crippen LogP contribution is 2.20. The standard InChI is InChI=1S/C12H16N2O2S2/c1-3-7-14(2)18(15,16)9-8-17-12-6-4-5-11(13)10-12/h1,4-6,10H,7-9,13H2,2H3. The van der Waals surface area contributed by atoms with Crippen molar-refractivity contribution in [2.45, 2.75) is 4.90 Å². The summed E-state index contributed by atoms with van der Waals surface area (Å²) in [6, 6.07) is 7.36. The average molecular weight is 284 g/mol. The molecular weight excluding hydrogens is 268 g/mol. The minimum Gasteiger partial charge on any atom is -0.399 e. The largest absolute Gasteiger partial charge is 0.399 e. The summed E-state index contributed by atoms with van der Waals surface area (Å²) in [6.07, 6.45) is 5.09. The molecule has 98 valence electrons. The van der Waals surface area contributed by atoms with Gasteiger partial charge in [0.15, 0.2) is 0 Å². The Labute approximate surface area is 113 Å². The van der Waals surface area contributed by atoms with Crippen molar-refractivity contribution in [3.63, 3.8) is 0 Å². The Morgan fingerprint density at radius 3 is 2.83 bits per heavy atom. The topological polar surface area (TPSA) is 63.4 Å². The minimum absolute atomic E-state index is 0.0602. The lowest BCUT2D eigenvalue weighted by Gasteiger charge is -2.13. The molecule has 0 amide bonds. The molecule has 18 heavy (non-hydrogen) atoms. The number of nitrogen functional groups attached to an aromatic ring is 1. The summed E-state index contributed by atoms with van der Waals surface area (Å²) < 4.78 is 24.7. The number of rotatable bonds is 6. The molecule has 0 heterocycles. The second-order valence-electron chi connectivity index (χ2n) is 3.70. The van der Waals surface area contributed by atoms with Crippen LogP contribution in [0.5, 0.6) is 0 Å². The maximum absolute atomic E-state index is 11.8. The van der Waals surface area contributed by atoms with Gasteiger partial charge in [-0.25, -0.2) is 8.42 Å². The van der Waals surface area contributed by atoms with Crippen LogP contribution in [0.2, 0.25) is 0 Å². The zero-order valence-electron chi connectivity index (χ0n) is 10.2. The third-order valence-electron chi connectivity index (χ3n) is 2.26. The van der Waals surface area contributed by atoms with Crippen LogP contribution in [0.15, 0.2) is 29.2 Å². The molecular formula is C12H16N2O2S2. The molecule has 0 atom stereocenters. The number of thioether (sulfide) groups is 1. The van der Waals surface area contributed by atoms with Crippen molar-refractivity contribution >= 4 is 27.5 Å². The summed E-state index contributed by atoms with van der Waals surface area (Å²) >= 11 is 1.46. The van der Waals surface area contributed by atoms with Crippen molar-refractivity contribution < 1.29 is 8.42 Å². The molecule has 0 radical (unpaired) electrons. The van der Waals surface area contributed by atoms with Crippen LogP contribution < -0.4 is 5.73 Å².